The molecule has 1 amide bonds. The molecular weight excluding hydrogens is 1020 g/mol. The number of fused-ring (bicyclic) bond motifs is 4. The minimum atomic E-state index is -5.20. The molecule has 4 aliphatic carbocycles. The molecule has 0 aliphatic heterocycles. The number of pyridine rings is 1. The Balaban J connectivity index is 1.24. The zero-order valence-corrected chi connectivity index (χ0v) is 40.3. The summed E-state index contributed by atoms with van der Waals surface area (Å²) in [6, 6.07) is 5.49. The number of halogens is 11. The number of hydrogen-bond acceptors (Lipinski definition) is 8. The molecule has 25 heteroatoms. The molecular formula is C46H42ClF10N7O5S2. The van der Waals surface area contributed by atoms with E-state index in [-0.39, 0.29) is 68.9 Å². The lowest BCUT2D eigenvalue weighted by Gasteiger charge is -2.34. The van der Waals surface area contributed by atoms with Crippen molar-refractivity contribution in [1.29, 1.82) is 0 Å². The minimum Gasteiger partial charge on any atom is -0.346 e. The maximum Gasteiger partial charge on any atom is 0.435 e. The number of rotatable bonds is 13. The summed E-state index contributed by atoms with van der Waals surface area (Å²) in [4.78, 5) is 18.9. The number of aromatic nitrogens is 5. The summed E-state index contributed by atoms with van der Waals surface area (Å²) in [7, 11) is -8.20. The number of hydrogen-bond donors (Lipinski definition) is 2. The monoisotopic (exact) mass is 1060 g/mol. The van der Waals surface area contributed by atoms with E-state index in [9.17, 15) is 56.8 Å². The van der Waals surface area contributed by atoms with E-state index in [1.54, 1.807) is 6.92 Å². The van der Waals surface area contributed by atoms with Gasteiger partial charge in [0, 0.05) is 28.7 Å². The SMILES string of the molecule is CC1(S(=O)(=O)Nc2nn(CC(F)(F)F)c3c(-c4ccc(C#CC(C)(C)S(=O)(=O)C5(C)CC5)nc4[C@H](Cc4cc(F)cc(F)c4)NC(=O)Cn4nc(C(F)(F)F)c5c4C(F)(F)[C@@H]4CC[C@H]54)ccc(Cl)c23)CC1. The second kappa shape index (κ2) is 16.6. The van der Waals surface area contributed by atoms with Crippen LogP contribution in [0.4, 0.5) is 49.7 Å². The first-order chi connectivity index (χ1) is 32.8. The zero-order valence-electron chi connectivity index (χ0n) is 37.9. The van der Waals surface area contributed by atoms with Crippen molar-refractivity contribution in [1.82, 2.24) is 29.9 Å². The summed E-state index contributed by atoms with van der Waals surface area (Å²) in [5, 5.41) is 9.40. The van der Waals surface area contributed by atoms with Gasteiger partial charge in [-0.15, -0.1) is 0 Å². The number of carbonyl (C=O) groups is 1. The molecule has 380 valence electrons. The molecule has 0 unspecified atom stereocenters. The summed E-state index contributed by atoms with van der Waals surface area (Å²) in [6.07, 6.45) is -9.69. The van der Waals surface area contributed by atoms with Crippen LogP contribution in [-0.2, 0) is 56.3 Å². The Morgan fingerprint density at radius 2 is 1.52 bits per heavy atom. The van der Waals surface area contributed by atoms with Gasteiger partial charge < -0.3 is 5.32 Å². The van der Waals surface area contributed by atoms with E-state index in [1.807, 2.05) is 0 Å². The largest absolute Gasteiger partial charge is 0.435 e. The van der Waals surface area contributed by atoms with Crippen molar-refractivity contribution in [3.05, 3.63) is 93.0 Å². The van der Waals surface area contributed by atoms with E-state index in [2.05, 4.69) is 37.1 Å². The Kier molecular flexibility index (Phi) is 11.8. The van der Waals surface area contributed by atoms with E-state index in [4.69, 9.17) is 11.6 Å². The zero-order chi connectivity index (χ0) is 51.8. The molecule has 9 rings (SSSR count). The fourth-order valence-corrected chi connectivity index (χ4v) is 13.0. The van der Waals surface area contributed by atoms with Crippen molar-refractivity contribution >= 4 is 54.1 Å². The first-order valence-corrected chi connectivity index (χ1v) is 25.5. The van der Waals surface area contributed by atoms with Crippen LogP contribution < -0.4 is 10.0 Å². The van der Waals surface area contributed by atoms with Crippen molar-refractivity contribution in [2.45, 2.75) is 130 Å². The second-order valence-corrected chi connectivity index (χ2v) is 25.2. The molecule has 4 aliphatic rings. The Morgan fingerprint density at radius 1 is 0.887 bits per heavy atom. The number of amides is 1. The van der Waals surface area contributed by atoms with Crippen LogP contribution in [0.1, 0.15) is 112 Å². The van der Waals surface area contributed by atoms with Crippen molar-refractivity contribution in [2.24, 2.45) is 5.92 Å². The van der Waals surface area contributed by atoms with Gasteiger partial charge in [0.2, 0.25) is 15.9 Å². The number of benzene rings is 2. The molecule has 2 N–H and O–H groups in total. The second-order valence-electron chi connectivity index (χ2n) is 19.6. The van der Waals surface area contributed by atoms with Crippen LogP contribution in [0.3, 0.4) is 0 Å². The average molecular weight is 1060 g/mol. The van der Waals surface area contributed by atoms with Crippen molar-refractivity contribution in [3.63, 3.8) is 0 Å². The lowest BCUT2D eigenvalue weighted by Crippen LogP contribution is -2.38. The topological polar surface area (TPSA) is 158 Å². The van der Waals surface area contributed by atoms with Gasteiger partial charge in [0.15, 0.2) is 21.3 Å². The summed E-state index contributed by atoms with van der Waals surface area (Å²) in [5.41, 5.74) is -4.98. The van der Waals surface area contributed by atoms with Crippen LogP contribution in [0.15, 0.2) is 42.5 Å². The number of alkyl halides is 8. The van der Waals surface area contributed by atoms with Gasteiger partial charge in [-0.25, -0.2) is 30.6 Å². The normalized spacial score (nSPS) is 20.3. The van der Waals surface area contributed by atoms with Crippen molar-refractivity contribution in [2.75, 3.05) is 4.72 Å². The Bertz CT molecular complexity index is 3330. The molecule has 3 atom stereocenters. The average Bonchev–Trinajstić information content (AvgIpc) is 4.08. The molecule has 3 saturated carbocycles. The predicted octanol–water partition coefficient (Wildman–Crippen LogP) is 9.90. The van der Waals surface area contributed by atoms with E-state index < -0.39 is 136 Å². The van der Waals surface area contributed by atoms with Gasteiger partial charge in [-0.2, -0.15) is 45.3 Å². The van der Waals surface area contributed by atoms with Gasteiger partial charge in [-0.05, 0) is 120 Å². The van der Waals surface area contributed by atoms with Crippen LogP contribution in [0.25, 0.3) is 22.0 Å². The number of anilines is 1. The Hall–Kier alpha value is -5.41. The Labute approximate surface area is 404 Å². The van der Waals surface area contributed by atoms with Crippen LogP contribution in [0.2, 0.25) is 5.02 Å². The van der Waals surface area contributed by atoms with E-state index in [0.29, 0.717) is 23.6 Å². The molecule has 3 heterocycles. The number of sulfonamides is 1. The van der Waals surface area contributed by atoms with Gasteiger partial charge >= 0.3 is 12.4 Å². The highest BCUT2D eigenvalue weighted by Gasteiger charge is 2.64. The molecule has 71 heavy (non-hydrogen) atoms. The molecule has 2 aromatic carbocycles. The summed E-state index contributed by atoms with van der Waals surface area (Å²) >= 11 is 6.63. The third kappa shape index (κ3) is 8.90. The van der Waals surface area contributed by atoms with E-state index in [0.717, 1.165) is 12.1 Å². The standard InChI is InChI=1S/C46H42ClF10N7O5S2/c1-41(2,70(66,67)42(3)13-14-42)12-11-26-5-6-27(28-8-10-31(47)35-37(28)64(22-44(50,51)52)61-40(35)62-71(68,69)43(4)15-16-43)36(58-26)32(19-23-17-24(48)20-25(49)18-23)59-33(65)21-63-39-34(38(60-63)46(55,56)57)29-7-9-30(29)45(39,53)54/h5-6,8,10,17-18,20,29-30,32H,7,9,13-16,19,21-22H2,1-4H3,(H,59,65)(H,61,62)/t29-,30+,32-/m0/s1. The Morgan fingerprint density at radius 3 is 2.10 bits per heavy atom. The molecule has 5 aromatic rings. The van der Waals surface area contributed by atoms with Gasteiger partial charge in [0.05, 0.1) is 37.2 Å². The molecule has 0 bridgehead atoms. The highest BCUT2D eigenvalue weighted by molar-refractivity contribution is 7.94. The summed E-state index contributed by atoms with van der Waals surface area (Å²) in [5.74, 6) is -5.10. The lowest BCUT2D eigenvalue weighted by molar-refractivity contribution is -0.144. The lowest BCUT2D eigenvalue weighted by atomic mass is 9.73. The predicted molar refractivity (Wildman–Crippen MR) is 239 cm³/mol. The highest BCUT2D eigenvalue weighted by Crippen LogP contribution is 2.64. The number of sulfone groups is 1. The van der Waals surface area contributed by atoms with Gasteiger partial charge in [-0.1, -0.05) is 23.6 Å². The van der Waals surface area contributed by atoms with Crippen molar-refractivity contribution in [3.8, 4) is 23.0 Å². The fraction of sp³-hybridized carbons (Fsp3) is 0.478. The molecule has 0 spiro atoms. The summed E-state index contributed by atoms with van der Waals surface area (Å²) < 4.78 is 201. The highest BCUT2D eigenvalue weighted by atomic mass is 35.5. The van der Waals surface area contributed by atoms with Crippen LogP contribution in [0, 0.1) is 29.4 Å². The molecule has 0 saturated heterocycles. The van der Waals surface area contributed by atoms with E-state index >= 15 is 8.78 Å². The van der Waals surface area contributed by atoms with Crippen LogP contribution in [-0.4, -0.2) is 67.7 Å². The van der Waals surface area contributed by atoms with Gasteiger partial charge in [0.25, 0.3) is 5.92 Å². The third-order valence-electron chi connectivity index (χ3n) is 14.0. The van der Waals surface area contributed by atoms with Gasteiger partial charge in [0.1, 0.15) is 40.9 Å². The maximum atomic E-state index is 15.8. The molecule has 0 radical (unpaired) electrons. The first-order valence-electron chi connectivity index (χ1n) is 22.1. The fourth-order valence-electron chi connectivity index (χ4n) is 9.44. The smallest absolute Gasteiger partial charge is 0.346 e. The number of nitrogens with zero attached hydrogens (tertiary/aromatic N) is 5. The first kappa shape index (κ1) is 50.5. The van der Waals surface area contributed by atoms with E-state index in [1.165, 1.54) is 45.0 Å². The van der Waals surface area contributed by atoms with Gasteiger partial charge in [-0.3, -0.25) is 18.9 Å². The van der Waals surface area contributed by atoms with Crippen molar-refractivity contribution < 1.29 is 65.5 Å². The minimum absolute atomic E-state index is 0.0171. The third-order valence-corrected chi connectivity index (χ3v) is 19.6. The summed E-state index contributed by atoms with van der Waals surface area (Å²) in [6.45, 7) is 2.64. The molecule has 3 aromatic heterocycles. The van der Waals surface area contributed by atoms with Crippen LogP contribution >= 0.6 is 11.6 Å². The maximum absolute atomic E-state index is 15.8. The number of nitrogens with one attached hydrogen (secondary N) is 2. The quantitative estimate of drug-likeness (QED) is 0.0872. The molecule has 3 fully saturated rings. The number of carbonyl (C=O) groups excluding carboxylic acids is 1. The van der Waals surface area contributed by atoms with Crippen LogP contribution in [0.5, 0.6) is 0 Å². The molecule has 12 nitrogen and oxygen atoms in total.